The van der Waals surface area contributed by atoms with Crippen LogP contribution in [0.15, 0.2) is 52.3 Å². The van der Waals surface area contributed by atoms with Gasteiger partial charge in [-0.3, -0.25) is 0 Å². The predicted molar refractivity (Wildman–Crippen MR) is 121 cm³/mol. The molecule has 0 saturated heterocycles. The Morgan fingerprint density at radius 2 is 2.11 bits per heavy atom. The van der Waals surface area contributed by atoms with E-state index in [0.29, 0.717) is 29.2 Å². The molecular formula is C22H28NO2S2Si. The largest absolute Gasteiger partial charge is 0.507 e. The van der Waals surface area contributed by atoms with Gasteiger partial charge in [-0.15, -0.1) is 23.5 Å². The van der Waals surface area contributed by atoms with E-state index >= 15 is 0 Å². The van der Waals surface area contributed by atoms with Crippen LogP contribution in [0.3, 0.4) is 0 Å². The van der Waals surface area contributed by atoms with E-state index in [4.69, 9.17) is 4.74 Å². The number of fused-ring (bicyclic) bond motifs is 1. The van der Waals surface area contributed by atoms with Crippen LogP contribution < -0.4 is 10.1 Å². The normalized spacial score (nSPS) is 20.5. The van der Waals surface area contributed by atoms with Gasteiger partial charge in [0.15, 0.2) is 0 Å². The van der Waals surface area contributed by atoms with Crippen molar-refractivity contribution in [2.45, 2.75) is 47.4 Å². The van der Waals surface area contributed by atoms with Gasteiger partial charge in [0, 0.05) is 31.8 Å². The van der Waals surface area contributed by atoms with Gasteiger partial charge in [0.05, 0.1) is 0 Å². The van der Waals surface area contributed by atoms with E-state index in [9.17, 15) is 5.11 Å². The van der Waals surface area contributed by atoms with E-state index in [-0.39, 0.29) is 0 Å². The third kappa shape index (κ3) is 5.96. The van der Waals surface area contributed by atoms with Crippen LogP contribution in [0.25, 0.3) is 0 Å². The molecule has 2 aromatic rings. The highest BCUT2D eigenvalue weighted by atomic mass is 32.2. The standard InChI is InChI=1S/C22H28NO2S2Si/c1-3-16(14-26-20-10-6-7-15(2)22(20)24)12-23-17-11-21(28)27-19-9-5-4-8-18(19)25-13-17/h4-10,16-17,21,23-24H,3,11-14H2,1-2H3/t16-,17-,21+/m0/s1. The molecule has 1 aliphatic rings. The summed E-state index contributed by atoms with van der Waals surface area (Å²) in [5.41, 5.74) is 0.934. The number of thioether (sulfide) groups is 2. The molecule has 3 rings (SSSR count). The van der Waals surface area contributed by atoms with E-state index in [0.717, 1.165) is 41.3 Å². The lowest BCUT2D eigenvalue weighted by Crippen LogP contribution is -2.40. The van der Waals surface area contributed by atoms with Crippen LogP contribution in [0.1, 0.15) is 25.3 Å². The van der Waals surface area contributed by atoms with Crippen LogP contribution in [0, 0.1) is 12.8 Å². The van der Waals surface area contributed by atoms with Gasteiger partial charge >= 0.3 is 0 Å². The highest BCUT2D eigenvalue weighted by Crippen LogP contribution is 2.35. The SMILES string of the molecule is CC[C@@H](CN[C@@H]1COc2ccccc2S[C@H]([Si])C1)CSc1cccc(C)c1O. The van der Waals surface area contributed by atoms with Crippen molar-refractivity contribution in [2.24, 2.45) is 5.92 Å². The molecule has 149 valence electrons. The number of rotatable bonds is 7. The Hall–Kier alpha value is -1.08. The van der Waals surface area contributed by atoms with Crippen LogP contribution >= 0.6 is 23.5 Å². The molecule has 1 heterocycles. The van der Waals surface area contributed by atoms with Gasteiger partial charge in [-0.05, 0) is 54.4 Å². The Bertz CT molecular complexity index is 774. The van der Waals surface area contributed by atoms with Gasteiger partial charge < -0.3 is 15.2 Å². The number of aryl methyl sites for hydroxylation is 1. The summed E-state index contributed by atoms with van der Waals surface area (Å²) in [4.78, 5) is 2.53. The van der Waals surface area contributed by atoms with Crippen LogP contribution in [-0.4, -0.2) is 45.2 Å². The summed E-state index contributed by atoms with van der Waals surface area (Å²) in [5.74, 6) is 2.92. The smallest absolute Gasteiger partial charge is 0.132 e. The predicted octanol–water partition coefficient (Wildman–Crippen LogP) is 4.85. The first-order valence-corrected chi connectivity index (χ1v) is 12.3. The third-order valence-electron chi connectivity index (χ3n) is 5.00. The Labute approximate surface area is 180 Å². The first-order valence-electron chi connectivity index (χ1n) is 9.81. The number of hydrogen-bond donors (Lipinski definition) is 2. The molecule has 3 atom stereocenters. The second-order valence-electron chi connectivity index (χ2n) is 7.21. The summed E-state index contributed by atoms with van der Waals surface area (Å²) in [6.45, 7) is 5.81. The zero-order valence-corrected chi connectivity index (χ0v) is 19.1. The van der Waals surface area contributed by atoms with Gasteiger partial charge in [-0.2, -0.15) is 0 Å². The summed E-state index contributed by atoms with van der Waals surface area (Å²) < 4.78 is 6.07. The van der Waals surface area contributed by atoms with Gasteiger partial charge in [0.25, 0.3) is 0 Å². The van der Waals surface area contributed by atoms with Crippen molar-refractivity contribution in [1.29, 1.82) is 0 Å². The summed E-state index contributed by atoms with van der Waals surface area (Å²) in [5, 5.41) is 13.9. The van der Waals surface area contributed by atoms with E-state index in [1.807, 2.05) is 49.0 Å². The van der Waals surface area contributed by atoms with E-state index in [1.165, 1.54) is 4.90 Å². The van der Waals surface area contributed by atoms with Crippen molar-refractivity contribution in [1.82, 2.24) is 5.32 Å². The molecule has 2 N–H and O–H groups in total. The number of benzene rings is 2. The van der Waals surface area contributed by atoms with Crippen LogP contribution in [0.2, 0.25) is 0 Å². The molecule has 2 aromatic carbocycles. The minimum absolute atomic E-state index is 0.315. The maximum Gasteiger partial charge on any atom is 0.132 e. The highest BCUT2D eigenvalue weighted by molar-refractivity contribution is 8.01. The maximum absolute atomic E-state index is 10.2. The molecule has 0 aliphatic carbocycles. The molecule has 0 saturated carbocycles. The minimum atomic E-state index is 0.315. The quantitative estimate of drug-likeness (QED) is 0.486. The average Bonchev–Trinajstić information content (AvgIpc) is 2.68. The molecule has 0 aromatic heterocycles. The van der Waals surface area contributed by atoms with Crippen molar-refractivity contribution in [2.75, 3.05) is 18.9 Å². The Morgan fingerprint density at radius 1 is 1.29 bits per heavy atom. The lowest BCUT2D eigenvalue weighted by Gasteiger charge is -2.28. The monoisotopic (exact) mass is 430 g/mol. The fourth-order valence-corrected chi connectivity index (χ4v) is 6.08. The fraction of sp³-hybridized carbons (Fsp3) is 0.455. The van der Waals surface area contributed by atoms with Crippen molar-refractivity contribution in [3.05, 3.63) is 48.0 Å². The molecule has 3 nitrogen and oxygen atoms in total. The number of phenols is 1. The van der Waals surface area contributed by atoms with Crippen molar-refractivity contribution < 1.29 is 9.84 Å². The van der Waals surface area contributed by atoms with Gasteiger partial charge in [0.2, 0.25) is 0 Å². The van der Waals surface area contributed by atoms with E-state index in [1.54, 1.807) is 11.8 Å². The lowest BCUT2D eigenvalue weighted by molar-refractivity contribution is 0.247. The first-order chi connectivity index (χ1) is 13.6. The number of hydrogen-bond acceptors (Lipinski definition) is 5. The number of ether oxygens (including phenoxy) is 1. The summed E-state index contributed by atoms with van der Waals surface area (Å²) in [6.07, 6.45) is 2.12. The second-order valence-corrected chi connectivity index (χ2v) is 10.6. The number of phenolic OH excluding ortho intramolecular Hbond substituents is 1. The van der Waals surface area contributed by atoms with Gasteiger partial charge in [-0.25, -0.2) is 0 Å². The molecule has 3 radical (unpaired) electrons. The molecular weight excluding hydrogens is 402 g/mol. The zero-order chi connectivity index (χ0) is 19.9. The molecule has 0 unspecified atom stereocenters. The Kier molecular flexibility index (Phi) is 8.20. The summed E-state index contributed by atoms with van der Waals surface area (Å²) >= 11 is 3.56. The number of aromatic hydroxyl groups is 1. The molecule has 0 bridgehead atoms. The molecule has 28 heavy (non-hydrogen) atoms. The molecule has 0 spiro atoms. The Morgan fingerprint density at radius 3 is 2.93 bits per heavy atom. The van der Waals surface area contributed by atoms with E-state index in [2.05, 4.69) is 34.6 Å². The molecule has 0 amide bonds. The maximum atomic E-state index is 10.2. The fourth-order valence-electron chi connectivity index (χ4n) is 3.14. The van der Waals surface area contributed by atoms with Crippen molar-refractivity contribution in [3.63, 3.8) is 0 Å². The van der Waals surface area contributed by atoms with Gasteiger partial charge in [-0.1, -0.05) is 37.6 Å². The molecule has 6 heteroatoms. The third-order valence-corrected chi connectivity index (χ3v) is 7.94. The summed E-state index contributed by atoms with van der Waals surface area (Å²) in [7, 11) is 3.88. The number of nitrogens with one attached hydrogen (secondary N) is 1. The average molecular weight is 431 g/mol. The molecule has 0 fully saturated rings. The topological polar surface area (TPSA) is 41.5 Å². The number of para-hydroxylation sites is 2. The van der Waals surface area contributed by atoms with Crippen molar-refractivity contribution >= 4 is 33.8 Å². The minimum Gasteiger partial charge on any atom is -0.507 e. The van der Waals surface area contributed by atoms with Gasteiger partial charge in [0.1, 0.15) is 18.1 Å². The second kappa shape index (κ2) is 10.6. The first kappa shape index (κ1) is 21.6. The summed E-state index contributed by atoms with van der Waals surface area (Å²) in [6, 6.07) is 14.5. The molecule has 1 aliphatic heterocycles. The zero-order valence-electron chi connectivity index (χ0n) is 16.5. The van der Waals surface area contributed by atoms with Crippen molar-refractivity contribution in [3.8, 4) is 11.5 Å². The van der Waals surface area contributed by atoms with E-state index < -0.39 is 0 Å². The lowest BCUT2D eigenvalue weighted by atomic mass is 10.1. The Balaban J connectivity index is 1.52. The van der Waals surface area contributed by atoms with Crippen LogP contribution in [-0.2, 0) is 0 Å². The highest BCUT2D eigenvalue weighted by Gasteiger charge is 2.21. The van der Waals surface area contributed by atoms with Crippen LogP contribution in [0.5, 0.6) is 11.5 Å². The van der Waals surface area contributed by atoms with Crippen LogP contribution in [0.4, 0.5) is 0 Å².